The van der Waals surface area contributed by atoms with E-state index in [9.17, 15) is 17.6 Å². The van der Waals surface area contributed by atoms with Crippen molar-refractivity contribution in [2.45, 2.75) is 19.2 Å². The van der Waals surface area contributed by atoms with E-state index in [2.05, 4.69) is 18.9 Å². The Morgan fingerprint density at radius 2 is 1.19 bits per heavy atom. The van der Waals surface area contributed by atoms with Gasteiger partial charge in [-0.25, -0.2) is 0 Å². The average Bonchev–Trinajstić information content (AvgIpc) is 3.07. The summed E-state index contributed by atoms with van der Waals surface area (Å²) < 4.78 is 66.1. The van der Waals surface area contributed by atoms with Crippen molar-refractivity contribution in [1.29, 1.82) is 0 Å². The zero-order valence-electron chi connectivity index (χ0n) is 13.2. The lowest BCUT2D eigenvalue weighted by atomic mass is 10.2. The monoisotopic (exact) mass is 390 g/mol. The number of para-hydroxylation sites is 2. The van der Waals surface area contributed by atoms with E-state index in [0.717, 1.165) is 0 Å². The summed E-state index contributed by atoms with van der Waals surface area (Å²) in [4.78, 5) is 16.2. The van der Waals surface area contributed by atoms with Crippen LogP contribution in [0.15, 0.2) is 42.5 Å². The number of halogens is 4. The Hall–Kier alpha value is -3.30. The average molecular weight is 390 g/mol. The molecule has 2 aromatic carbocycles. The normalized spacial score (nSPS) is 16.2. The van der Waals surface area contributed by atoms with E-state index < -0.39 is 12.6 Å². The summed E-state index contributed by atoms with van der Waals surface area (Å²) in [7, 11) is 0. The van der Waals surface area contributed by atoms with Gasteiger partial charge in [-0.05, 0) is 29.8 Å². The van der Waals surface area contributed by atoms with Crippen molar-refractivity contribution in [1.82, 2.24) is 0 Å². The van der Waals surface area contributed by atoms with Crippen molar-refractivity contribution < 1.29 is 51.2 Å². The summed E-state index contributed by atoms with van der Waals surface area (Å²) >= 11 is 0. The van der Waals surface area contributed by atoms with Gasteiger partial charge in [0.05, 0.1) is 6.61 Å². The fourth-order valence-electron chi connectivity index (χ4n) is 1.99. The molecule has 11 heteroatoms. The van der Waals surface area contributed by atoms with Gasteiger partial charge in [-0.1, -0.05) is 18.2 Å². The predicted molar refractivity (Wildman–Crippen MR) is 76.2 cm³/mol. The van der Waals surface area contributed by atoms with Gasteiger partial charge in [0, 0.05) is 0 Å². The highest BCUT2D eigenvalue weighted by atomic mass is 19.3. The number of aliphatic hydroxyl groups excluding tert-OH is 1. The highest BCUT2D eigenvalue weighted by Crippen LogP contribution is 2.41. The van der Waals surface area contributed by atoms with E-state index in [1.54, 1.807) is 12.1 Å². The highest BCUT2D eigenvalue weighted by Gasteiger charge is 2.43. The minimum Gasteiger partial charge on any atom is -0.395 e. The number of hydrogen-bond donors (Lipinski definition) is 1. The van der Waals surface area contributed by atoms with Crippen LogP contribution in [0.2, 0.25) is 0 Å². The minimum atomic E-state index is -3.59. The van der Waals surface area contributed by atoms with Gasteiger partial charge in [0.1, 0.15) is 0 Å². The van der Waals surface area contributed by atoms with Gasteiger partial charge >= 0.3 is 18.7 Å². The second-order valence-electron chi connectivity index (χ2n) is 4.80. The predicted octanol–water partition coefficient (Wildman–Crippen LogP) is 2.93. The third kappa shape index (κ3) is 5.33. The number of ether oxygens (including phenoxy) is 4. The number of alkyl halides is 4. The van der Waals surface area contributed by atoms with Crippen LogP contribution in [-0.2, 0) is 16.2 Å². The Bertz CT molecular complexity index is 808. The molecular formula is C16H10F4O7. The molecule has 27 heavy (non-hydrogen) atoms. The number of fused-ring (bicyclic) bond motifs is 2. The lowest BCUT2D eigenvalue weighted by molar-refractivity contribution is -0.287. The zero-order chi connectivity index (χ0) is 20.1. The maximum absolute atomic E-state index is 12.5. The molecule has 7 nitrogen and oxygen atoms in total. The van der Waals surface area contributed by atoms with Gasteiger partial charge in [0.15, 0.2) is 23.0 Å². The summed E-state index contributed by atoms with van der Waals surface area (Å²) in [6, 6.07) is 10.2. The summed E-state index contributed by atoms with van der Waals surface area (Å²) in [5.41, 5.74) is 0.500. The standard InChI is InChI=1S/C8H6F2O3.C7H4F2O2.CO2/c9-8(10)12-6-2-1-5(4-11)3-7(6)13-8;8-7(9)10-5-3-1-2-4-6(5)11-7;2-1-3/h1-3,11H,4H2;1-4H;. The van der Waals surface area contributed by atoms with E-state index in [1.165, 1.54) is 30.3 Å². The van der Waals surface area contributed by atoms with E-state index in [0.29, 0.717) is 5.56 Å². The SMILES string of the molecule is FC1(F)Oc2ccccc2O1.O=C=O.OCc1ccc2c(c1)OC(F)(F)O2. The largest absolute Gasteiger partial charge is 0.586 e. The maximum Gasteiger partial charge on any atom is 0.586 e. The summed E-state index contributed by atoms with van der Waals surface area (Å²) in [5, 5.41) is 8.72. The number of rotatable bonds is 1. The Balaban J connectivity index is 0.000000171. The third-order valence-electron chi connectivity index (χ3n) is 2.95. The van der Waals surface area contributed by atoms with Gasteiger partial charge in [-0.15, -0.1) is 17.6 Å². The molecule has 2 aromatic rings. The van der Waals surface area contributed by atoms with Gasteiger partial charge in [0.25, 0.3) is 0 Å². The first-order chi connectivity index (χ1) is 12.7. The Kier molecular flexibility index (Phi) is 5.88. The number of aliphatic hydroxyl groups is 1. The van der Waals surface area contributed by atoms with Crippen LogP contribution in [-0.4, -0.2) is 23.8 Å². The molecule has 0 aromatic heterocycles. The quantitative estimate of drug-likeness (QED) is 0.749. The van der Waals surface area contributed by atoms with Crippen molar-refractivity contribution in [3.63, 3.8) is 0 Å². The van der Waals surface area contributed by atoms with Gasteiger partial charge in [0.2, 0.25) is 0 Å². The molecule has 0 spiro atoms. The Morgan fingerprint density at radius 3 is 1.63 bits per heavy atom. The number of benzene rings is 2. The zero-order valence-corrected chi connectivity index (χ0v) is 13.2. The molecule has 0 aliphatic carbocycles. The van der Waals surface area contributed by atoms with Crippen molar-refractivity contribution in [2.75, 3.05) is 0 Å². The van der Waals surface area contributed by atoms with Gasteiger partial charge < -0.3 is 24.1 Å². The molecule has 0 saturated heterocycles. The van der Waals surface area contributed by atoms with Crippen LogP contribution in [0.1, 0.15) is 5.56 Å². The summed E-state index contributed by atoms with van der Waals surface area (Å²) in [5.74, 6) is 0.105. The van der Waals surface area contributed by atoms with Crippen LogP contribution in [0.4, 0.5) is 17.6 Å². The van der Waals surface area contributed by atoms with Crippen LogP contribution in [0.5, 0.6) is 23.0 Å². The van der Waals surface area contributed by atoms with Crippen molar-refractivity contribution >= 4 is 6.15 Å². The molecule has 0 saturated carbocycles. The maximum atomic E-state index is 12.5. The summed E-state index contributed by atoms with van der Waals surface area (Å²) in [6.07, 6.45) is -6.83. The lowest BCUT2D eigenvalue weighted by Crippen LogP contribution is -2.25. The van der Waals surface area contributed by atoms with Crippen molar-refractivity contribution in [3.05, 3.63) is 48.0 Å². The molecule has 1 N–H and O–H groups in total. The van der Waals surface area contributed by atoms with Gasteiger partial charge in [-0.2, -0.15) is 9.59 Å². The molecule has 144 valence electrons. The van der Waals surface area contributed by atoms with E-state index in [1.807, 2.05) is 0 Å². The molecule has 0 unspecified atom stereocenters. The van der Waals surface area contributed by atoms with Crippen LogP contribution in [0.3, 0.4) is 0 Å². The highest BCUT2D eigenvalue weighted by molar-refractivity contribution is 5.45. The fourth-order valence-corrected chi connectivity index (χ4v) is 1.99. The molecule has 0 fully saturated rings. The van der Waals surface area contributed by atoms with E-state index >= 15 is 0 Å². The number of hydrogen-bond acceptors (Lipinski definition) is 7. The first kappa shape index (κ1) is 20.0. The minimum absolute atomic E-state index is 0.0119. The first-order valence-corrected chi connectivity index (χ1v) is 7.03. The first-order valence-electron chi connectivity index (χ1n) is 7.03. The molecule has 2 heterocycles. The van der Waals surface area contributed by atoms with Crippen molar-refractivity contribution in [3.8, 4) is 23.0 Å². The molecule has 0 radical (unpaired) electrons. The summed E-state index contributed by atoms with van der Waals surface area (Å²) in [6.45, 7) is -0.220. The molecule has 2 aliphatic rings. The van der Waals surface area contributed by atoms with Crippen molar-refractivity contribution in [2.24, 2.45) is 0 Å². The molecule has 0 bridgehead atoms. The number of carbonyl (C=O) groups excluding carboxylic acids is 2. The van der Waals surface area contributed by atoms with Crippen LogP contribution in [0.25, 0.3) is 0 Å². The smallest absolute Gasteiger partial charge is 0.395 e. The molecular weight excluding hydrogens is 380 g/mol. The second kappa shape index (κ2) is 7.94. The second-order valence-corrected chi connectivity index (χ2v) is 4.80. The topological polar surface area (TPSA) is 91.3 Å². The lowest BCUT2D eigenvalue weighted by Gasteiger charge is -2.04. The Labute approximate surface area is 148 Å². The van der Waals surface area contributed by atoms with Crippen LogP contribution >= 0.6 is 0 Å². The molecule has 0 amide bonds. The van der Waals surface area contributed by atoms with E-state index in [4.69, 9.17) is 14.7 Å². The third-order valence-corrected chi connectivity index (χ3v) is 2.95. The Morgan fingerprint density at radius 1 is 0.778 bits per heavy atom. The molecule has 2 aliphatic heterocycles. The molecule has 4 rings (SSSR count). The van der Waals surface area contributed by atoms with E-state index in [-0.39, 0.29) is 35.8 Å². The van der Waals surface area contributed by atoms with Gasteiger partial charge in [-0.3, -0.25) is 0 Å². The van der Waals surface area contributed by atoms with Crippen LogP contribution in [0, 0.1) is 0 Å². The fraction of sp³-hybridized carbons (Fsp3) is 0.188. The van der Waals surface area contributed by atoms with Crippen LogP contribution < -0.4 is 18.9 Å². The molecule has 0 atom stereocenters.